The summed E-state index contributed by atoms with van der Waals surface area (Å²) in [4.78, 5) is 11.3. The Kier molecular flexibility index (Phi) is 4.68. The number of thiocarbonyl (C=S) groups is 1. The van der Waals surface area contributed by atoms with E-state index in [9.17, 15) is 9.90 Å². The van der Waals surface area contributed by atoms with Crippen molar-refractivity contribution < 1.29 is 9.90 Å². The molecule has 0 aromatic heterocycles. The number of para-hydroxylation sites is 1. The highest BCUT2D eigenvalue weighted by Crippen LogP contribution is 2.13. The molecule has 0 fully saturated rings. The molecule has 0 amide bonds. The van der Waals surface area contributed by atoms with Gasteiger partial charge in [0, 0.05) is 5.69 Å². The molecule has 0 saturated heterocycles. The predicted molar refractivity (Wildman–Crippen MR) is 82.6 cm³/mol. The monoisotopic (exact) mass is 286 g/mol. The minimum atomic E-state index is -0.978. The van der Waals surface area contributed by atoms with E-state index in [1.165, 1.54) is 0 Å². The summed E-state index contributed by atoms with van der Waals surface area (Å²) in [6.07, 6.45) is 0. The maximum absolute atomic E-state index is 11.3. The molecule has 2 rings (SSSR count). The zero-order valence-electron chi connectivity index (χ0n) is 10.6. The van der Waals surface area contributed by atoms with Crippen molar-refractivity contribution in [3.8, 4) is 0 Å². The van der Waals surface area contributed by atoms with Crippen molar-refractivity contribution in [2.24, 2.45) is 0 Å². The van der Waals surface area contributed by atoms with Gasteiger partial charge >= 0.3 is 5.97 Å². The smallest absolute Gasteiger partial charge is 0.330 e. The second-order valence-electron chi connectivity index (χ2n) is 4.15. The Balaban J connectivity index is 2.06. The molecule has 0 aliphatic carbocycles. The van der Waals surface area contributed by atoms with Gasteiger partial charge in [-0.05, 0) is 29.9 Å². The fraction of sp³-hybridized carbons (Fsp3) is 0.0667. The second kappa shape index (κ2) is 6.68. The van der Waals surface area contributed by atoms with Gasteiger partial charge in [-0.25, -0.2) is 4.79 Å². The van der Waals surface area contributed by atoms with E-state index in [0.29, 0.717) is 5.56 Å². The number of carbonyl (C=O) groups is 1. The molecular weight excluding hydrogens is 272 g/mol. The zero-order chi connectivity index (χ0) is 14.4. The summed E-state index contributed by atoms with van der Waals surface area (Å²) >= 11 is 5.15. The molecule has 0 saturated carbocycles. The number of carboxylic acids is 1. The molecule has 4 nitrogen and oxygen atoms in total. The molecule has 5 heteroatoms. The van der Waals surface area contributed by atoms with Gasteiger partial charge in [0.2, 0.25) is 0 Å². The maximum Gasteiger partial charge on any atom is 0.330 e. The SMILES string of the molecule is O=C(O)[C@@H](NC(=S)Nc1ccccc1)c1ccccc1. The highest BCUT2D eigenvalue weighted by atomic mass is 32.1. The average Bonchev–Trinajstić information content (AvgIpc) is 2.46. The third-order valence-corrected chi connectivity index (χ3v) is 2.91. The lowest BCUT2D eigenvalue weighted by Crippen LogP contribution is -2.36. The fourth-order valence-corrected chi connectivity index (χ4v) is 1.99. The Labute approximate surface area is 122 Å². The Morgan fingerprint density at radius 3 is 2.10 bits per heavy atom. The van der Waals surface area contributed by atoms with Crippen LogP contribution in [0.15, 0.2) is 60.7 Å². The van der Waals surface area contributed by atoms with E-state index in [-0.39, 0.29) is 5.11 Å². The van der Waals surface area contributed by atoms with Crippen LogP contribution in [0.5, 0.6) is 0 Å². The third kappa shape index (κ3) is 3.80. The van der Waals surface area contributed by atoms with Gasteiger partial charge in [0.05, 0.1) is 0 Å². The molecule has 0 bridgehead atoms. The van der Waals surface area contributed by atoms with Gasteiger partial charge in [0.15, 0.2) is 11.2 Å². The molecule has 20 heavy (non-hydrogen) atoms. The van der Waals surface area contributed by atoms with Gasteiger partial charge in [-0.15, -0.1) is 0 Å². The van der Waals surface area contributed by atoms with Crippen LogP contribution in [0.4, 0.5) is 5.69 Å². The van der Waals surface area contributed by atoms with Crippen LogP contribution in [0.3, 0.4) is 0 Å². The van der Waals surface area contributed by atoms with E-state index in [0.717, 1.165) is 5.69 Å². The lowest BCUT2D eigenvalue weighted by molar-refractivity contribution is -0.139. The third-order valence-electron chi connectivity index (χ3n) is 2.69. The normalized spacial score (nSPS) is 11.4. The second-order valence-corrected chi connectivity index (χ2v) is 4.55. The summed E-state index contributed by atoms with van der Waals surface area (Å²) in [5.74, 6) is -0.978. The number of aliphatic carboxylic acids is 1. The van der Waals surface area contributed by atoms with Crippen LogP contribution in [0.25, 0.3) is 0 Å². The molecule has 0 radical (unpaired) electrons. The first kappa shape index (κ1) is 14.0. The van der Waals surface area contributed by atoms with Gasteiger partial charge in [-0.2, -0.15) is 0 Å². The number of nitrogens with one attached hydrogen (secondary N) is 2. The number of hydrogen-bond donors (Lipinski definition) is 3. The molecular formula is C15H14N2O2S. The highest BCUT2D eigenvalue weighted by molar-refractivity contribution is 7.80. The number of anilines is 1. The fourth-order valence-electron chi connectivity index (χ4n) is 1.75. The van der Waals surface area contributed by atoms with Crippen molar-refractivity contribution in [3.63, 3.8) is 0 Å². The van der Waals surface area contributed by atoms with E-state index in [2.05, 4.69) is 10.6 Å². The lowest BCUT2D eigenvalue weighted by Gasteiger charge is -2.17. The summed E-state index contributed by atoms with van der Waals surface area (Å²) in [6, 6.07) is 17.4. The van der Waals surface area contributed by atoms with E-state index in [1.54, 1.807) is 24.3 Å². The van der Waals surface area contributed by atoms with Crippen LogP contribution >= 0.6 is 12.2 Å². The van der Waals surface area contributed by atoms with Crippen LogP contribution in [-0.4, -0.2) is 16.2 Å². The Hall–Kier alpha value is -2.40. The van der Waals surface area contributed by atoms with E-state index in [4.69, 9.17) is 12.2 Å². The Bertz CT molecular complexity index is 587. The molecule has 102 valence electrons. The molecule has 0 spiro atoms. The van der Waals surface area contributed by atoms with Gasteiger partial charge < -0.3 is 15.7 Å². The molecule has 2 aromatic rings. The van der Waals surface area contributed by atoms with E-state index in [1.807, 2.05) is 36.4 Å². The van der Waals surface area contributed by atoms with E-state index < -0.39 is 12.0 Å². The summed E-state index contributed by atoms with van der Waals surface area (Å²) < 4.78 is 0. The molecule has 1 atom stereocenters. The minimum absolute atomic E-state index is 0.271. The molecule has 0 aliphatic rings. The van der Waals surface area contributed by atoms with Gasteiger partial charge in [-0.1, -0.05) is 48.5 Å². The number of carboxylic acid groups (broad SMARTS) is 1. The molecule has 0 unspecified atom stereocenters. The minimum Gasteiger partial charge on any atom is -0.479 e. The quantitative estimate of drug-likeness (QED) is 0.754. The van der Waals surface area contributed by atoms with Crippen molar-refractivity contribution in [2.45, 2.75) is 6.04 Å². The van der Waals surface area contributed by atoms with E-state index >= 15 is 0 Å². The summed E-state index contributed by atoms with van der Waals surface area (Å²) in [5.41, 5.74) is 1.46. The van der Waals surface area contributed by atoms with Crippen LogP contribution in [0.1, 0.15) is 11.6 Å². The van der Waals surface area contributed by atoms with Crippen molar-refractivity contribution in [1.29, 1.82) is 0 Å². The highest BCUT2D eigenvalue weighted by Gasteiger charge is 2.20. The van der Waals surface area contributed by atoms with Gasteiger partial charge in [0.25, 0.3) is 0 Å². The predicted octanol–water partition coefficient (Wildman–Crippen LogP) is 2.80. The summed E-state index contributed by atoms with van der Waals surface area (Å²) in [6.45, 7) is 0. The van der Waals surface area contributed by atoms with Crippen molar-refractivity contribution in [2.75, 3.05) is 5.32 Å². The Morgan fingerprint density at radius 2 is 1.55 bits per heavy atom. The first-order valence-corrected chi connectivity index (χ1v) is 6.48. The van der Waals surface area contributed by atoms with Crippen LogP contribution in [0.2, 0.25) is 0 Å². The number of hydrogen-bond acceptors (Lipinski definition) is 2. The first-order valence-electron chi connectivity index (χ1n) is 6.07. The van der Waals surface area contributed by atoms with Gasteiger partial charge in [0.1, 0.15) is 0 Å². The average molecular weight is 286 g/mol. The summed E-state index contributed by atoms with van der Waals surface area (Å²) in [7, 11) is 0. The molecule has 0 heterocycles. The Morgan fingerprint density at radius 1 is 1.00 bits per heavy atom. The molecule has 3 N–H and O–H groups in total. The van der Waals surface area contributed by atoms with Crippen molar-refractivity contribution in [3.05, 3.63) is 66.2 Å². The zero-order valence-corrected chi connectivity index (χ0v) is 11.4. The molecule has 2 aromatic carbocycles. The topological polar surface area (TPSA) is 61.4 Å². The van der Waals surface area contributed by atoms with Gasteiger partial charge in [-0.3, -0.25) is 0 Å². The van der Waals surface area contributed by atoms with Crippen LogP contribution < -0.4 is 10.6 Å². The van der Waals surface area contributed by atoms with Crippen molar-refractivity contribution in [1.82, 2.24) is 5.32 Å². The maximum atomic E-state index is 11.3. The van der Waals surface area contributed by atoms with Crippen LogP contribution in [0, 0.1) is 0 Å². The lowest BCUT2D eigenvalue weighted by atomic mass is 10.1. The largest absolute Gasteiger partial charge is 0.479 e. The molecule has 0 aliphatic heterocycles. The standard InChI is InChI=1S/C15H14N2O2S/c18-14(19)13(11-7-3-1-4-8-11)17-15(20)16-12-9-5-2-6-10-12/h1-10,13H,(H,18,19)(H2,16,17,20)/t13-/m0/s1. The van der Waals surface area contributed by atoms with Crippen LogP contribution in [-0.2, 0) is 4.79 Å². The van der Waals surface area contributed by atoms with Crippen molar-refractivity contribution >= 4 is 29.0 Å². The summed E-state index contributed by atoms with van der Waals surface area (Å²) in [5, 5.41) is 15.3. The number of benzene rings is 2. The first-order chi connectivity index (χ1) is 9.66. The number of rotatable bonds is 4.